The molecular weight excluding hydrogens is 323 g/mol. The summed E-state index contributed by atoms with van der Waals surface area (Å²) in [4.78, 5) is 23.9. The van der Waals surface area contributed by atoms with Gasteiger partial charge in [0.2, 0.25) is 5.91 Å². The van der Waals surface area contributed by atoms with Crippen LogP contribution in [0.1, 0.15) is 15.9 Å². The second-order valence-electron chi connectivity index (χ2n) is 4.65. The first-order valence-electron chi connectivity index (χ1n) is 6.56. The van der Waals surface area contributed by atoms with Gasteiger partial charge in [0, 0.05) is 5.56 Å². The summed E-state index contributed by atoms with van der Waals surface area (Å²) in [6.45, 7) is 1.68. The third kappa shape index (κ3) is 4.00. The van der Waals surface area contributed by atoms with E-state index >= 15 is 0 Å². The van der Waals surface area contributed by atoms with Crippen molar-refractivity contribution in [2.24, 2.45) is 0 Å². The van der Waals surface area contributed by atoms with Gasteiger partial charge in [0.15, 0.2) is 0 Å². The number of rotatable bonds is 4. The maximum Gasteiger partial charge on any atom is 0.251 e. The summed E-state index contributed by atoms with van der Waals surface area (Å²) in [6, 6.07) is 12.1. The number of halogens is 2. The zero-order valence-corrected chi connectivity index (χ0v) is 13.3. The Morgan fingerprint density at radius 3 is 2.50 bits per heavy atom. The molecule has 0 radical (unpaired) electrons. The van der Waals surface area contributed by atoms with Gasteiger partial charge in [-0.25, -0.2) is 0 Å². The van der Waals surface area contributed by atoms with Gasteiger partial charge in [-0.1, -0.05) is 47.5 Å². The third-order valence-corrected chi connectivity index (χ3v) is 3.84. The van der Waals surface area contributed by atoms with Crippen LogP contribution in [-0.4, -0.2) is 18.4 Å². The summed E-state index contributed by atoms with van der Waals surface area (Å²) in [6.07, 6.45) is 0. The molecule has 0 bridgehead atoms. The molecule has 0 aliphatic carbocycles. The molecule has 0 aromatic heterocycles. The van der Waals surface area contributed by atoms with Crippen molar-refractivity contribution in [3.63, 3.8) is 0 Å². The lowest BCUT2D eigenvalue weighted by molar-refractivity contribution is -0.115. The monoisotopic (exact) mass is 336 g/mol. The molecule has 4 nitrogen and oxygen atoms in total. The van der Waals surface area contributed by atoms with Crippen molar-refractivity contribution in [2.75, 3.05) is 11.9 Å². The number of hydrogen-bond acceptors (Lipinski definition) is 2. The molecule has 0 fully saturated rings. The van der Waals surface area contributed by atoms with E-state index in [2.05, 4.69) is 10.6 Å². The van der Waals surface area contributed by atoms with E-state index in [0.29, 0.717) is 16.3 Å². The van der Waals surface area contributed by atoms with Crippen LogP contribution in [0.5, 0.6) is 0 Å². The molecule has 2 rings (SSSR count). The number of benzene rings is 2. The first-order valence-corrected chi connectivity index (χ1v) is 7.32. The van der Waals surface area contributed by atoms with Crippen molar-refractivity contribution in [3.05, 3.63) is 63.6 Å². The Labute approximate surface area is 138 Å². The van der Waals surface area contributed by atoms with Gasteiger partial charge in [-0.3, -0.25) is 9.59 Å². The average molecular weight is 337 g/mol. The summed E-state index contributed by atoms with van der Waals surface area (Å²) in [5.41, 5.74) is 1.79. The first-order chi connectivity index (χ1) is 10.5. The van der Waals surface area contributed by atoms with E-state index < -0.39 is 0 Å². The molecule has 0 spiro atoms. The van der Waals surface area contributed by atoms with Gasteiger partial charge < -0.3 is 10.6 Å². The van der Waals surface area contributed by atoms with Gasteiger partial charge in [-0.05, 0) is 30.7 Å². The smallest absolute Gasteiger partial charge is 0.251 e. The summed E-state index contributed by atoms with van der Waals surface area (Å²) in [7, 11) is 0. The average Bonchev–Trinajstić information content (AvgIpc) is 2.50. The van der Waals surface area contributed by atoms with Crippen LogP contribution in [-0.2, 0) is 4.79 Å². The molecule has 0 saturated heterocycles. The molecular formula is C16H14Cl2N2O2. The molecule has 0 heterocycles. The standard InChI is InChI=1S/C16H14Cl2N2O2/c1-10-5-2-3-6-11(10)16(22)19-9-14(21)20-13-8-4-7-12(17)15(13)18/h2-8H,9H2,1H3,(H,19,22)(H,20,21). The number of aryl methyl sites for hydroxylation is 1. The zero-order chi connectivity index (χ0) is 16.1. The van der Waals surface area contributed by atoms with Crippen molar-refractivity contribution < 1.29 is 9.59 Å². The molecule has 2 N–H and O–H groups in total. The molecule has 114 valence electrons. The lowest BCUT2D eigenvalue weighted by Crippen LogP contribution is -2.33. The Morgan fingerprint density at radius 2 is 1.77 bits per heavy atom. The van der Waals surface area contributed by atoms with Crippen LogP contribution < -0.4 is 10.6 Å². The Balaban J connectivity index is 1.95. The van der Waals surface area contributed by atoms with Gasteiger partial charge >= 0.3 is 0 Å². The van der Waals surface area contributed by atoms with Crippen molar-refractivity contribution in [2.45, 2.75) is 6.92 Å². The van der Waals surface area contributed by atoms with E-state index in [1.54, 1.807) is 30.3 Å². The molecule has 0 aliphatic rings. The molecule has 2 aromatic carbocycles. The minimum atomic E-state index is -0.383. The highest BCUT2D eigenvalue weighted by Gasteiger charge is 2.11. The highest BCUT2D eigenvalue weighted by Crippen LogP contribution is 2.29. The van der Waals surface area contributed by atoms with E-state index in [4.69, 9.17) is 23.2 Å². The van der Waals surface area contributed by atoms with Crippen molar-refractivity contribution in [1.29, 1.82) is 0 Å². The SMILES string of the molecule is Cc1ccccc1C(=O)NCC(=O)Nc1cccc(Cl)c1Cl. The molecule has 2 aromatic rings. The Morgan fingerprint density at radius 1 is 1.05 bits per heavy atom. The quantitative estimate of drug-likeness (QED) is 0.894. The lowest BCUT2D eigenvalue weighted by Gasteiger charge is -2.10. The first kappa shape index (κ1) is 16.3. The Kier molecular flexibility index (Phi) is 5.41. The Hall–Kier alpha value is -2.04. The van der Waals surface area contributed by atoms with Crippen LogP contribution in [0.25, 0.3) is 0 Å². The van der Waals surface area contributed by atoms with Gasteiger partial charge in [0.25, 0.3) is 5.91 Å². The predicted octanol–water partition coefficient (Wildman–Crippen LogP) is 3.67. The third-order valence-electron chi connectivity index (χ3n) is 3.02. The number of nitrogens with one attached hydrogen (secondary N) is 2. The topological polar surface area (TPSA) is 58.2 Å². The number of hydrogen-bond donors (Lipinski definition) is 2. The fourth-order valence-corrected chi connectivity index (χ4v) is 2.23. The molecule has 6 heteroatoms. The van der Waals surface area contributed by atoms with Crippen molar-refractivity contribution >= 4 is 40.7 Å². The second-order valence-corrected chi connectivity index (χ2v) is 5.43. The zero-order valence-electron chi connectivity index (χ0n) is 11.8. The predicted molar refractivity (Wildman–Crippen MR) is 88.6 cm³/mol. The minimum Gasteiger partial charge on any atom is -0.343 e. The van der Waals surface area contributed by atoms with Crippen molar-refractivity contribution in [1.82, 2.24) is 5.32 Å². The van der Waals surface area contributed by atoms with Crippen LogP contribution in [0, 0.1) is 6.92 Å². The van der Waals surface area contributed by atoms with Crippen LogP contribution in [0.3, 0.4) is 0 Å². The number of carbonyl (C=O) groups is 2. The fourth-order valence-electron chi connectivity index (χ4n) is 1.88. The summed E-state index contributed by atoms with van der Waals surface area (Å²) in [5.74, 6) is -0.684. The van der Waals surface area contributed by atoms with E-state index in [1.807, 2.05) is 19.1 Å². The van der Waals surface area contributed by atoms with E-state index in [0.717, 1.165) is 5.56 Å². The summed E-state index contributed by atoms with van der Waals surface area (Å²) < 4.78 is 0. The normalized spacial score (nSPS) is 10.1. The van der Waals surface area contributed by atoms with Crippen LogP contribution >= 0.6 is 23.2 Å². The van der Waals surface area contributed by atoms with Gasteiger partial charge in [0.1, 0.15) is 0 Å². The van der Waals surface area contributed by atoms with Gasteiger partial charge in [-0.15, -0.1) is 0 Å². The highest BCUT2D eigenvalue weighted by atomic mass is 35.5. The fraction of sp³-hybridized carbons (Fsp3) is 0.125. The summed E-state index contributed by atoms with van der Waals surface area (Å²) >= 11 is 11.9. The maximum absolute atomic E-state index is 12.0. The largest absolute Gasteiger partial charge is 0.343 e. The van der Waals surface area contributed by atoms with Crippen LogP contribution in [0.2, 0.25) is 10.0 Å². The van der Waals surface area contributed by atoms with E-state index in [-0.39, 0.29) is 23.4 Å². The highest BCUT2D eigenvalue weighted by molar-refractivity contribution is 6.44. The minimum absolute atomic E-state index is 0.157. The maximum atomic E-state index is 12.0. The summed E-state index contributed by atoms with van der Waals surface area (Å²) in [5, 5.41) is 5.79. The second kappa shape index (κ2) is 7.29. The molecule has 0 unspecified atom stereocenters. The lowest BCUT2D eigenvalue weighted by atomic mass is 10.1. The number of amides is 2. The van der Waals surface area contributed by atoms with Gasteiger partial charge in [0.05, 0.1) is 22.3 Å². The molecule has 2 amide bonds. The molecule has 0 aliphatic heterocycles. The molecule has 0 atom stereocenters. The molecule has 22 heavy (non-hydrogen) atoms. The molecule has 0 saturated carbocycles. The number of anilines is 1. The van der Waals surface area contributed by atoms with Crippen molar-refractivity contribution in [3.8, 4) is 0 Å². The van der Waals surface area contributed by atoms with Gasteiger partial charge in [-0.2, -0.15) is 0 Å². The number of carbonyl (C=O) groups excluding carboxylic acids is 2. The van der Waals surface area contributed by atoms with Crippen LogP contribution in [0.15, 0.2) is 42.5 Å². The van der Waals surface area contributed by atoms with Crippen LogP contribution in [0.4, 0.5) is 5.69 Å². The Bertz CT molecular complexity index is 717. The van der Waals surface area contributed by atoms with E-state index in [9.17, 15) is 9.59 Å². The van der Waals surface area contributed by atoms with E-state index in [1.165, 1.54) is 0 Å².